The molecule has 0 unspecified atom stereocenters. The molecule has 3 N–H and O–H groups in total. The summed E-state index contributed by atoms with van der Waals surface area (Å²) in [6.45, 7) is 1.92. The first kappa shape index (κ1) is 20.5. The summed E-state index contributed by atoms with van der Waals surface area (Å²) in [6, 6.07) is 8.11. The number of rotatable bonds is 5. The zero-order valence-corrected chi connectivity index (χ0v) is 17.9. The van der Waals surface area contributed by atoms with Crippen molar-refractivity contribution in [3.63, 3.8) is 0 Å². The van der Waals surface area contributed by atoms with Gasteiger partial charge < -0.3 is 15.8 Å². The summed E-state index contributed by atoms with van der Waals surface area (Å²) in [5.74, 6) is 0.607. The average molecular weight is 430 g/mol. The zero-order chi connectivity index (χ0) is 21.5. The minimum Gasteiger partial charge on any atom is -0.488 e. The Kier molecular flexibility index (Phi) is 5.33. The highest BCUT2D eigenvalue weighted by Crippen LogP contribution is 2.35. The molecule has 9 heteroatoms. The van der Waals surface area contributed by atoms with E-state index in [0.717, 1.165) is 23.8 Å². The van der Waals surface area contributed by atoms with E-state index < -0.39 is 9.73 Å². The predicted octanol–water partition coefficient (Wildman–Crippen LogP) is 4.05. The normalized spacial score (nSPS) is 18.7. The number of aromatic nitrogens is 2. The van der Waals surface area contributed by atoms with Crippen LogP contribution >= 0.6 is 0 Å². The van der Waals surface area contributed by atoms with Gasteiger partial charge in [0.15, 0.2) is 0 Å². The average Bonchev–Trinajstić information content (AvgIpc) is 2.61. The van der Waals surface area contributed by atoms with Gasteiger partial charge in [-0.1, -0.05) is 0 Å². The highest BCUT2D eigenvalue weighted by molar-refractivity contribution is 7.92. The number of benzene rings is 2. The number of fused-ring (bicyclic) bond motifs is 1. The lowest BCUT2D eigenvalue weighted by Gasteiger charge is -2.33. The molecule has 0 bridgehead atoms. The third-order valence-corrected chi connectivity index (χ3v) is 5.52. The summed E-state index contributed by atoms with van der Waals surface area (Å²) in [5.41, 5.74) is 8.59. The summed E-state index contributed by atoms with van der Waals surface area (Å²) in [5, 5.41) is 4.06. The van der Waals surface area contributed by atoms with Gasteiger partial charge in [0.25, 0.3) is 0 Å². The summed E-state index contributed by atoms with van der Waals surface area (Å²) >= 11 is 0. The monoisotopic (exact) mass is 429 g/mol. The topological polar surface area (TPSA) is 102 Å². The van der Waals surface area contributed by atoms with Gasteiger partial charge in [0.1, 0.15) is 29.8 Å². The van der Waals surface area contributed by atoms with E-state index in [9.17, 15) is 8.60 Å². The van der Waals surface area contributed by atoms with Crippen molar-refractivity contribution in [3.05, 3.63) is 48.0 Å². The van der Waals surface area contributed by atoms with Crippen molar-refractivity contribution in [3.8, 4) is 5.75 Å². The summed E-state index contributed by atoms with van der Waals surface area (Å²) in [4.78, 5) is 8.72. The number of nitrogens with zero attached hydrogens (tertiary/aromatic N) is 3. The van der Waals surface area contributed by atoms with Crippen LogP contribution in [0.1, 0.15) is 18.4 Å². The van der Waals surface area contributed by atoms with Crippen molar-refractivity contribution in [1.82, 2.24) is 9.97 Å². The molecule has 1 aliphatic carbocycles. The van der Waals surface area contributed by atoms with Crippen LogP contribution in [-0.2, 0) is 9.73 Å². The molecule has 1 heterocycles. The van der Waals surface area contributed by atoms with E-state index in [4.69, 9.17) is 10.5 Å². The van der Waals surface area contributed by atoms with E-state index in [-0.39, 0.29) is 18.0 Å². The van der Waals surface area contributed by atoms with E-state index in [0.29, 0.717) is 28.5 Å². The number of hydrogen-bond acceptors (Lipinski definition) is 7. The Morgan fingerprint density at radius 1 is 1.23 bits per heavy atom. The fourth-order valence-corrected chi connectivity index (χ4v) is 4.09. The predicted molar refractivity (Wildman–Crippen MR) is 118 cm³/mol. The molecule has 1 aliphatic rings. The number of nitrogens with two attached hydrogens (primary N) is 1. The third kappa shape index (κ3) is 4.52. The molecule has 7 nitrogen and oxygen atoms in total. The molecular formula is C21H24FN5O2S. The lowest BCUT2D eigenvalue weighted by atomic mass is 9.90. The molecule has 158 valence electrons. The highest BCUT2D eigenvalue weighted by atomic mass is 32.2. The molecule has 0 aliphatic heterocycles. The number of hydrogen-bond donors (Lipinski definition) is 2. The molecule has 0 atom stereocenters. The van der Waals surface area contributed by atoms with Crippen LogP contribution in [0.15, 0.2) is 41.0 Å². The molecule has 1 aromatic heterocycles. The van der Waals surface area contributed by atoms with Gasteiger partial charge >= 0.3 is 0 Å². The van der Waals surface area contributed by atoms with Gasteiger partial charge in [-0.2, -0.15) is 4.36 Å². The van der Waals surface area contributed by atoms with E-state index >= 15 is 0 Å². The number of nitrogens with one attached hydrogen (secondary N) is 1. The highest BCUT2D eigenvalue weighted by Gasteiger charge is 2.28. The molecule has 2 aromatic carbocycles. The van der Waals surface area contributed by atoms with Crippen LogP contribution in [0.4, 0.5) is 21.6 Å². The van der Waals surface area contributed by atoms with Gasteiger partial charge in [-0.15, -0.1) is 0 Å². The molecular weight excluding hydrogens is 405 g/mol. The van der Waals surface area contributed by atoms with Crippen molar-refractivity contribution >= 4 is 37.8 Å². The van der Waals surface area contributed by atoms with Crippen molar-refractivity contribution in [1.29, 1.82) is 0 Å². The lowest BCUT2D eigenvalue weighted by Crippen LogP contribution is -2.43. The second-order valence-electron chi connectivity index (χ2n) is 7.89. The SMILES string of the molecule is Cc1cc(N=S(C)(C)=O)cc2ncnc(Nc3ccc(F)cc3O[C@H]3C[C@H](N)C3)c12. The van der Waals surface area contributed by atoms with Crippen LogP contribution in [0.5, 0.6) is 5.75 Å². The van der Waals surface area contributed by atoms with E-state index in [2.05, 4.69) is 19.6 Å². The summed E-state index contributed by atoms with van der Waals surface area (Å²) in [7, 11) is -2.29. The van der Waals surface area contributed by atoms with Gasteiger partial charge in [-0.05, 0) is 49.6 Å². The van der Waals surface area contributed by atoms with Crippen molar-refractivity contribution in [2.24, 2.45) is 10.1 Å². The first-order chi connectivity index (χ1) is 14.2. The Morgan fingerprint density at radius 2 is 2.00 bits per heavy atom. The molecule has 1 saturated carbocycles. The quantitative estimate of drug-likeness (QED) is 0.634. The van der Waals surface area contributed by atoms with E-state index in [1.807, 2.05) is 13.0 Å². The lowest BCUT2D eigenvalue weighted by molar-refractivity contribution is 0.101. The summed E-state index contributed by atoms with van der Waals surface area (Å²) in [6.07, 6.45) is 6.09. The maximum atomic E-state index is 13.8. The second-order valence-corrected chi connectivity index (χ2v) is 10.4. The number of aryl methyl sites for hydroxylation is 1. The molecule has 4 rings (SSSR count). The van der Waals surface area contributed by atoms with Crippen LogP contribution in [0.3, 0.4) is 0 Å². The Morgan fingerprint density at radius 3 is 2.70 bits per heavy atom. The second kappa shape index (κ2) is 7.81. The Bertz CT molecular complexity index is 1230. The molecule has 30 heavy (non-hydrogen) atoms. The number of halogens is 1. The van der Waals surface area contributed by atoms with Gasteiger partial charge in [-0.3, -0.25) is 0 Å². The van der Waals surface area contributed by atoms with Gasteiger partial charge in [0.05, 0.1) is 16.9 Å². The maximum absolute atomic E-state index is 13.8. The largest absolute Gasteiger partial charge is 0.488 e. The molecule has 0 spiro atoms. The first-order valence-corrected chi connectivity index (χ1v) is 11.9. The van der Waals surface area contributed by atoms with E-state index in [1.54, 1.807) is 24.6 Å². The molecule has 0 radical (unpaired) electrons. The van der Waals surface area contributed by atoms with Crippen molar-refractivity contribution < 1.29 is 13.3 Å². The van der Waals surface area contributed by atoms with Crippen LogP contribution in [-0.4, -0.2) is 38.8 Å². The smallest absolute Gasteiger partial charge is 0.146 e. The Balaban J connectivity index is 1.72. The zero-order valence-electron chi connectivity index (χ0n) is 17.1. The summed E-state index contributed by atoms with van der Waals surface area (Å²) < 4.78 is 36.1. The third-order valence-electron chi connectivity index (χ3n) is 4.87. The number of anilines is 2. The minimum atomic E-state index is -2.29. The fraction of sp³-hybridized carbons (Fsp3) is 0.333. The van der Waals surface area contributed by atoms with Crippen molar-refractivity contribution in [2.45, 2.75) is 31.9 Å². The Hall–Kier alpha value is -2.78. The van der Waals surface area contributed by atoms with Gasteiger partial charge in [0, 0.05) is 39.7 Å². The van der Waals surface area contributed by atoms with Crippen LogP contribution in [0.2, 0.25) is 0 Å². The van der Waals surface area contributed by atoms with Gasteiger partial charge in [0.2, 0.25) is 0 Å². The molecule has 3 aromatic rings. The van der Waals surface area contributed by atoms with Gasteiger partial charge in [-0.25, -0.2) is 18.6 Å². The van der Waals surface area contributed by atoms with Crippen molar-refractivity contribution in [2.75, 3.05) is 17.8 Å². The van der Waals surface area contributed by atoms with E-state index in [1.165, 1.54) is 18.5 Å². The minimum absolute atomic E-state index is 0.0201. The molecule has 1 fully saturated rings. The first-order valence-electron chi connectivity index (χ1n) is 9.59. The van der Waals surface area contributed by atoms with Crippen LogP contribution in [0.25, 0.3) is 10.9 Å². The maximum Gasteiger partial charge on any atom is 0.146 e. The standard InChI is InChI=1S/C21H24FN5O2S/c1-12-6-15(27-30(2,3)28)10-18-20(12)21(25-11-24-18)26-17-5-4-13(22)7-19(17)29-16-8-14(23)9-16/h4-7,10-11,14,16H,8-9,23H2,1-3H3,(H,24,25,26)/t14-,16-. The number of ether oxygens (including phenoxy) is 1. The molecule has 0 amide bonds. The fourth-order valence-electron chi connectivity index (χ4n) is 3.48. The van der Waals surface area contributed by atoms with Crippen LogP contribution < -0.4 is 15.8 Å². The van der Waals surface area contributed by atoms with Crippen LogP contribution in [0, 0.1) is 12.7 Å². The Labute approximate surface area is 175 Å². The molecule has 0 saturated heterocycles.